The zero-order chi connectivity index (χ0) is 21.2. The highest BCUT2D eigenvalue weighted by Gasteiger charge is 2.36. The van der Waals surface area contributed by atoms with Gasteiger partial charge < -0.3 is 24.5 Å². The number of fused-ring (bicyclic) bond motifs is 1. The molecule has 1 fully saturated rings. The number of hydrogen-bond donors (Lipinski definition) is 2. The van der Waals surface area contributed by atoms with Gasteiger partial charge in [-0.15, -0.1) is 0 Å². The molecular formula is C20H27BFNO6. The number of benzene rings is 1. The first kappa shape index (κ1) is 21.7. The highest BCUT2D eigenvalue weighted by atomic mass is 19.1. The summed E-state index contributed by atoms with van der Waals surface area (Å²) in [7, 11) is -1.07. The van der Waals surface area contributed by atoms with Crippen molar-refractivity contribution in [1.29, 1.82) is 0 Å². The van der Waals surface area contributed by atoms with Gasteiger partial charge in [0.05, 0.1) is 6.61 Å². The predicted molar refractivity (Wildman–Crippen MR) is 105 cm³/mol. The van der Waals surface area contributed by atoms with Crippen molar-refractivity contribution in [2.45, 2.75) is 51.9 Å². The van der Waals surface area contributed by atoms with Crippen LogP contribution in [0.3, 0.4) is 0 Å². The number of halogens is 1. The lowest BCUT2D eigenvalue weighted by molar-refractivity contribution is -0.154. The fourth-order valence-corrected chi connectivity index (χ4v) is 3.64. The molecule has 158 valence electrons. The fourth-order valence-electron chi connectivity index (χ4n) is 3.64. The van der Waals surface area contributed by atoms with Gasteiger partial charge in [-0.25, -0.2) is 9.18 Å². The standard InChI is InChI=1S/C20H27BFNO6/c1-12(2)17(19(25)28-11-20(22)6-8-27-9-7-20)23-18(24)15-5-4-14-10-29-21(26)16(14)13(15)3/h4-5,12,17,26H,6-11H2,1-3H3,(H,23,24). The van der Waals surface area contributed by atoms with E-state index in [1.807, 2.05) is 0 Å². The van der Waals surface area contributed by atoms with Crippen molar-refractivity contribution in [3.05, 3.63) is 28.8 Å². The van der Waals surface area contributed by atoms with Crippen LogP contribution in [0.2, 0.25) is 0 Å². The summed E-state index contributed by atoms with van der Waals surface area (Å²) in [5.74, 6) is -1.37. The molecule has 2 N–H and O–H groups in total. The normalized spacial score (nSPS) is 19.0. The number of esters is 1. The van der Waals surface area contributed by atoms with E-state index in [-0.39, 0.29) is 32.0 Å². The molecule has 2 aliphatic rings. The number of alkyl halides is 1. The van der Waals surface area contributed by atoms with E-state index in [1.54, 1.807) is 32.9 Å². The van der Waals surface area contributed by atoms with E-state index in [0.29, 0.717) is 29.8 Å². The van der Waals surface area contributed by atoms with Crippen molar-refractivity contribution < 1.29 is 33.1 Å². The highest BCUT2D eigenvalue weighted by Crippen LogP contribution is 2.26. The molecule has 1 aromatic carbocycles. The van der Waals surface area contributed by atoms with Crippen LogP contribution in [-0.4, -0.2) is 55.6 Å². The lowest BCUT2D eigenvalue weighted by Crippen LogP contribution is -2.47. The molecule has 3 rings (SSSR count). The summed E-state index contributed by atoms with van der Waals surface area (Å²) in [6.07, 6.45) is 0.357. The van der Waals surface area contributed by atoms with Gasteiger partial charge >= 0.3 is 13.1 Å². The number of amides is 1. The van der Waals surface area contributed by atoms with Crippen LogP contribution in [0.1, 0.15) is 48.2 Å². The maximum absolute atomic E-state index is 14.7. The van der Waals surface area contributed by atoms with Gasteiger partial charge in [-0.3, -0.25) is 4.79 Å². The first-order chi connectivity index (χ1) is 13.7. The summed E-state index contributed by atoms with van der Waals surface area (Å²) < 4.78 is 30.2. The van der Waals surface area contributed by atoms with Crippen molar-refractivity contribution in [3.8, 4) is 0 Å². The topological polar surface area (TPSA) is 94.1 Å². The van der Waals surface area contributed by atoms with Gasteiger partial charge in [0.15, 0.2) is 0 Å². The van der Waals surface area contributed by atoms with E-state index in [4.69, 9.17) is 14.1 Å². The summed E-state index contributed by atoms with van der Waals surface area (Å²) >= 11 is 0. The van der Waals surface area contributed by atoms with Crippen LogP contribution in [0.4, 0.5) is 4.39 Å². The molecule has 1 unspecified atom stereocenters. The van der Waals surface area contributed by atoms with E-state index in [9.17, 15) is 19.0 Å². The second-order valence-electron chi connectivity index (χ2n) is 8.04. The largest absolute Gasteiger partial charge is 0.492 e. The molecule has 0 aromatic heterocycles. The lowest BCUT2D eigenvalue weighted by atomic mass is 9.75. The molecule has 1 atom stereocenters. The van der Waals surface area contributed by atoms with E-state index >= 15 is 0 Å². The van der Waals surface area contributed by atoms with Gasteiger partial charge in [-0.1, -0.05) is 19.9 Å². The molecule has 0 radical (unpaired) electrons. The van der Waals surface area contributed by atoms with Crippen LogP contribution in [0.15, 0.2) is 12.1 Å². The van der Waals surface area contributed by atoms with Gasteiger partial charge in [0.25, 0.3) is 5.91 Å². The summed E-state index contributed by atoms with van der Waals surface area (Å²) in [5, 5.41) is 12.7. The Bertz CT molecular complexity index is 780. The molecular weight excluding hydrogens is 380 g/mol. The minimum absolute atomic E-state index is 0.178. The molecule has 29 heavy (non-hydrogen) atoms. The van der Waals surface area contributed by atoms with Gasteiger partial charge in [0.2, 0.25) is 0 Å². The highest BCUT2D eigenvalue weighted by molar-refractivity contribution is 6.62. The van der Waals surface area contributed by atoms with Crippen LogP contribution >= 0.6 is 0 Å². The summed E-state index contributed by atoms with van der Waals surface area (Å²) in [4.78, 5) is 25.4. The Morgan fingerprint density at radius 3 is 2.69 bits per heavy atom. The van der Waals surface area contributed by atoms with E-state index < -0.39 is 30.7 Å². The molecule has 0 saturated carbocycles. The Kier molecular flexibility index (Phi) is 6.60. The summed E-state index contributed by atoms with van der Waals surface area (Å²) in [5.41, 5.74) is 0.770. The minimum atomic E-state index is -1.59. The maximum Gasteiger partial charge on any atom is 0.492 e. The zero-order valence-electron chi connectivity index (χ0n) is 17.0. The third-order valence-electron chi connectivity index (χ3n) is 5.56. The predicted octanol–water partition coefficient (Wildman–Crippen LogP) is 1.03. The number of carbonyl (C=O) groups excluding carboxylic acids is 2. The number of nitrogens with one attached hydrogen (secondary N) is 1. The van der Waals surface area contributed by atoms with E-state index in [0.717, 1.165) is 5.56 Å². The molecule has 0 spiro atoms. The zero-order valence-corrected chi connectivity index (χ0v) is 17.0. The van der Waals surface area contributed by atoms with Crippen molar-refractivity contribution in [2.75, 3.05) is 19.8 Å². The fraction of sp³-hybridized carbons (Fsp3) is 0.600. The second kappa shape index (κ2) is 8.81. The minimum Gasteiger partial charge on any atom is -0.461 e. The molecule has 0 aliphatic carbocycles. The first-order valence-corrected chi connectivity index (χ1v) is 9.88. The quantitative estimate of drug-likeness (QED) is 0.541. The molecule has 1 amide bonds. The molecule has 9 heteroatoms. The molecule has 7 nitrogen and oxygen atoms in total. The third kappa shape index (κ3) is 4.79. The van der Waals surface area contributed by atoms with Gasteiger partial charge in [0, 0.05) is 31.6 Å². The number of hydrogen-bond acceptors (Lipinski definition) is 6. The Labute approximate surface area is 170 Å². The van der Waals surface area contributed by atoms with Crippen molar-refractivity contribution >= 4 is 24.5 Å². The van der Waals surface area contributed by atoms with E-state index in [2.05, 4.69) is 5.32 Å². The Morgan fingerprint density at radius 2 is 2.03 bits per heavy atom. The molecule has 2 aliphatic heterocycles. The van der Waals surface area contributed by atoms with Crippen LogP contribution < -0.4 is 10.8 Å². The average Bonchev–Trinajstić information content (AvgIpc) is 3.06. The Balaban J connectivity index is 1.68. The average molecular weight is 407 g/mol. The first-order valence-electron chi connectivity index (χ1n) is 9.88. The molecule has 1 saturated heterocycles. The van der Waals surface area contributed by atoms with Crippen molar-refractivity contribution in [3.63, 3.8) is 0 Å². The van der Waals surface area contributed by atoms with Gasteiger partial charge in [-0.05, 0) is 35.5 Å². The summed E-state index contributed by atoms with van der Waals surface area (Å²) in [6.45, 7) is 5.81. The Hall–Kier alpha value is -1.97. The molecule has 1 aromatic rings. The van der Waals surface area contributed by atoms with Crippen molar-refractivity contribution in [1.82, 2.24) is 5.32 Å². The SMILES string of the molecule is Cc1c(C(=O)NC(C(=O)OCC2(F)CCOCC2)C(C)C)ccc2c1B(O)OC2. The Morgan fingerprint density at radius 1 is 1.34 bits per heavy atom. The number of ether oxygens (including phenoxy) is 2. The van der Waals surface area contributed by atoms with E-state index in [1.165, 1.54) is 0 Å². The lowest BCUT2D eigenvalue weighted by Gasteiger charge is -2.30. The number of carbonyl (C=O) groups is 2. The maximum atomic E-state index is 14.7. The van der Waals surface area contributed by atoms with Crippen LogP contribution in [0.25, 0.3) is 0 Å². The third-order valence-corrected chi connectivity index (χ3v) is 5.56. The smallest absolute Gasteiger partial charge is 0.461 e. The van der Waals surface area contributed by atoms with Gasteiger partial charge in [0.1, 0.15) is 18.3 Å². The van der Waals surface area contributed by atoms with Gasteiger partial charge in [-0.2, -0.15) is 0 Å². The van der Waals surface area contributed by atoms with Crippen LogP contribution in [0.5, 0.6) is 0 Å². The van der Waals surface area contributed by atoms with Crippen LogP contribution in [-0.2, 0) is 25.5 Å². The summed E-state index contributed by atoms with van der Waals surface area (Å²) in [6, 6.07) is 2.46. The monoisotopic (exact) mass is 407 g/mol. The van der Waals surface area contributed by atoms with Crippen LogP contribution in [0, 0.1) is 12.8 Å². The molecule has 2 heterocycles. The second-order valence-corrected chi connectivity index (χ2v) is 8.04. The molecule has 0 bridgehead atoms. The van der Waals surface area contributed by atoms with Crippen molar-refractivity contribution in [2.24, 2.45) is 5.92 Å². The number of rotatable bonds is 6.